The summed E-state index contributed by atoms with van der Waals surface area (Å²) in [6.07, 6.45) is 1.84. The molecule has 0 radical (unpaired) electrons. The molecule has 3 aromatic carbocycles. The average molecular weight is 469 g/mol. The molecular weight excluding hydrogens is 452 g/mol. The highest BCUT2D eigenvalue weighted by Gasteiger charge is 2.14. The number of para-hydroxylation sites is 2. The van der Waals surface area contributed by atoms with Gasteiger partial charge < -0.3 is 9.09 Å². The van der Waals surface area contributed by atoms with Gasteiger partial charge in [-0.1, -0.05) is 46.2 Å². The number of pyridine rings is 1. The lowest BCUT2D eigenvalue weighted by molar-refractivity contribution is 0.364. The second-order valence-electron chi connectivity index (χ2n) is 7.88. The normalized spacial score (nSPS) is 11.4. The average Bonchev–Trinajstić information content (AvgIpc) is 3.52. The molecule has 0 spiro atoms. The van der Waals surface area contributed by atoms with Gasteiger partial charge in [0.1, 0.15) is 12.2 Å². The van der Waals surface area contributed by atoms with Crippen LogP contribution < -0.4 is 5.43 Å². The summed E-state index contributed by atoms with van der Waals surface area (Å²) >= 11 is 5.94. The van der Waals surface area contributed by atoms with E-state index in [1.807, 2.05) is 66.9 Å². The molecule has 0 fully saturated rings. The number of aromatic nitrogens is 6. The zero-order valence-corrected chi connectivity index (χ0v) is 18.6. The molecule has 0 saturated heterocycles. The fourth-order valence-corrected chi connectivity index (χ4v) is 4.20. The van der Waals surface area contributed by atoms with Crippen LogP contribution in [0.15, 0.2) is 88.3 Å². The molecule has 3 aromatic heterocycles. The van der Waals surface area contributed by atoms with E-state index >= 15 is 0 Å². The van der Waals surface area contributed by atoms with Crippen LogP contribution in [0.4, 0.5) is 0 Å². The predicted octanol–water partition coefficient (Wildman–Crippen LogP) is 4.55. The fraction of sp³-hybridized carbons (Fsp3) is 0.0800. The molecule has 34 heavy (non-hydrogen) atoms. The van der Waals surface area contributed by atoms with Gasteiger partial charge in [-0.05, 0) is 48.5 Å². The van der Waals surface area contributed by atoms with Crippen molar-refractivity contribution in [2.45, 2.75) is 13.1 Å². The summed E-state index contributed by atoms with van der Waals surface area (Å²) in [6.45, 7) is 0.750. The maximum absolute atomic E-state index is 12.9. The van der Waals surface area contributed by atoms with Gasteiger partial charge in [0, 0.05) is 21.4 Å². The van der Waals surface area contributed by atoms with Gasteiger partial charge in [-0.2, -0.15) is 4.98 Å². The van der Waals surface area contributed by atoms with Crippen LogP contribution in [-0.4, -0.2) is 29.7 Å². The first kappa shape index (κ1) is 20.3. The highest BCUT2D eigenvalue weighted by molar-refractivity contribution is 6.30. The minimum absolute atomic E-state index is 0.0268. The zero-order chi connectivity index (χ0) is 23.1. The van der Waals surface area contributed by atoms with Crippen molar-refractivity contribution < 1.29 is 4.52 Å². The van der Waals surface area contributed by atoms with Crippen molar-refractivity contribution in [2.75, 3.05) is 0 Å². The Balaban J connectivity index is 1.30. The summed E-state index contributed by atoms with van der Waals surface area (Å²) in [4.78, 5) is 17.4. The molecule has 166 valence electrons. The molecule has 6 aromatic rings. The number of rotatable bonds is 5. The van der Waals surface area contributed by atoms with Gasteiger partial charge in [0.05, 0.1) is 23.8 Å². The van der Waals surface area contributed by atoms with E-state index in [-0.39, 0.29) is 5.43 Å². The van der Waals surface area contributed by atoms with E-state index in [0.717, 1.165) is 22.3 Å². The predicted molar refractivity (Wildman–Crippen MR) is 129 cm³/mol. The van der Waals surface area contributed by atoms with E-state index in [9.17, 15) is 4.79 Å². The Hall–Kier alpha value is -4.30. The Labute approximate surface area is 198 Å². The van der Waals surface area contributed by atoms with E-state index in [1.165, 1.54) is 0 Å². The van der Waals surface area contributed by atoms with Gasteiger partial charge in [0.15, 0.2) is 5.43 Å². The number of halogens is 1. The maximum atomic E-state index is 12.9. The Bertz CT molecular complexity index is 1640. The van der Waals surface area contributed by atoms with Crippen LogP contribution in [0, 0.1) is 0 Å². The fourth-order valence-electron chi connectivity index (χ4n) is 4.07. The quantitative estimate of drug-likeness (QED) is 0.345. The standard InChI is InChI=1S/C25H17ClN6O2/c26-17-11-9-16(10-12-17)25-27-23(34-29-25)15-31-13-18(28-30-31)14-32-21-7-3-1-5-19(21)24(33)20-6-2-4-8-22(20)32/h1-13H,14-15H2. The van der Waals surface area contributed by atoms with Crippen molar-refractivity contribution in [3.63, 3.8) is 0 Å². The third-order valence-electron chi connectivity index (χ3n) is 5.65. The number of fused-ring (bicyclic) bond motifs is 2. The van der Waals surface area contributed by atoms with Crippen LogP contribution in [0.2, 0.25) is 5.02 Å². The molecule has 0 aliphatic carbocycles. The number of benzene rings is 3. The molecule has 0 atom stereocenters. The van der Waals surface area contributed by atoms with Crippen LogP contribution in [0.3, 0.4) is 0 Å². The van der Waals surface area contributed by atoms with Gasteiger partial charge in [-0.15, -0.1) is 5.10 Å². The topological polar surface area (TPSA) is 91.6 Å². The zero-order valence-electron chi connectivity index (χ0n) is 17.8. The van der Waals surface area contributed by atoms with Gasteiger partial charge in [0.2, 0.25) is 11.7 Å². The number of nitrogens with zero attached hydrogens (tertiary/aromatic N) is 6. The molecule has 0 unspecified atom stereocenters. The molecule has 3 heterocycles. The minimum Gasteiger partial charge on any atom is -0.337 e. The Morgan fingerprint density at radius 1 is 0.853 bits per heavy atom. The van der Waals surface area contributed by atoms with Gasteiger partial charge >= 0.3 is 0 Å². The van der Waals surface area contributed by atoms with Crippen LogP contribution in [0.25, 0.3) is 33.2 Å². The Morgan fingerprint density at radius 2 is 1.53 bits per heavy atom. The Kier molecular flexibility index (Phi) is 4.92. The molecule has 0 aliphatic heterocycles. The first-order chi connectivity index (χ1) is 16.7. The van der Waals surface area contributed by atoms with E-state index in [2.05, 4.69) is 25.0 Å². The summed E-state index contributed by atoms with van der Waals surface area (Å²) in [5.74, 6) is 0.902. The molecule has 0 aliphatic rings. The lowest BCUT2D eigenvalue weighted by Gasteiger charge is -2.13. The number of hydrogen-bond donors (Lipinski definition) is 0. The second-order valence-corrected chi connectivity index (χ2v) is 8.31. The van der Waals surface area contributed by atoms with Crippen LogP contribution in [0.5, 0.6) is 0 Å². The first-order valence-electron chi connectivity index (χ1n) is 10.6. The van der Waals surface area contributed by atoms with E-state index in [1.54, 1.807) is 16.8 Å². The van der Waals surface area contributed by atoms with Crippen molar-refractivity contribution >= 4 is 33.4 Å². The van der Waals surface area contributed by atoms with E-state index < -0.39 is 0 Å². The van der Waals surface area contributed by atoms with Crippen molar-refractivity contribution in [3.8, 4) is 11.4 Å². The molecule has 0 amide bonds. The van der Waals surface area contributed by atoms with Crippen LogP contribution in [0.1, 0.15) is 11.6 Å². The highest BCUT2D eigenvalue weighted by Crippen LogP contribution is 2.21. The first-order valence-corrected chi connectivity index (χ1v) is 11.0. The van der Waals surface area contributed by atoms with Crippen molar-refractivity contribution in [3.05, 3.63) is 106 Å². The third-order valence-corrected chi connectivity index (χ3v) is 5.90. The van der Waals surface area contributed by atoms with Crippen molar-refractivity contribution in [2.24, 2.45) is 0 Å². The van der Waals surface area contributed by atoms with Gasteiger partial charge in [-0.3, -0.25) is 4.79 Å². The largest absolute Gasteiger partial charge is 0.337 e. The monoisotopic (exact) mass is 468 g/mol. The summed E-state index contributed by atoms with van der Waals surface area (Å²) in [5, 5.41) is 14.6. The molecule has 6 rings (SSSR count). The van der Waals surface area contributed by atoms with Crippen molar-refractivity contribution in [1.82, 2.24) is 29.7 Å². The summed E-state index contributed by atoms with van der Waals surface area (Å²) in [6, 6.07) is 22.4. The molecular formula is C25H17ClN6O2. The molecule has 0 saturated carbocycles. The smallest absolute Gasteiger partial charge is 0.248 e. The molecule has 8 nitrogen and oxygen atoms in total. The van der Waals surface area contributed by atoms with Gasteiger partial charge in [0.25, 0.3) is 0 Å². The SMILES string of the molecule is O=c1c2ccccc2n(Cc2cn(Cc3nc(-c4ccc(Cl)cc4)no3)nn2)c2ccccc12. The van der Waals surface area contributed by atoms with Gasteiger partial charge in [-0.25, -0.2) is 4.68 Å². The third kappa shape index (κ3) is 3.64. The summed E-state index contributed by atoms with van der Waals surface area (Å²) < 4.78 is 9.13. The minimum atomic E-state index is 0.0268. The maximum Gasteiger partial charge on any atom is 0.248 e. The van der Waals surface area contributed by atoms with Crippen molar-refractivity contribution in [1.29, 1.82) is 0 Å². The number of hydrogen-bond acceptors (Lipinski definition) is 6. The van der Waals surface area contributed by atoms with Crippen LogP contribution >= 0.6 is 11.6 Å². The lowest BCUT2D eigenvalue weighted by Crippen LogP contribution is -2.12. The Morgan fingerprint density at radius 3 is 2.24 bits per heavy atom. The van der Waals surface area contributed by atoms with Crippen LogP contribution in [-0.2, 0) is 13.1 Å². The highest BCUT2D eigenvalue weighted by atomic mass is 35.5. The van der Waals surface area contributed by atoms with E-state index in [0.29, 0.717) is 40.6 Å². The summed E-state index contributed by atoms with van der Waals surface area (Å²) in [5.41, 5.74) is 3.29. The lowest BCUT2D eigenvalue weighted by atomic mass is 10.1. The van der Waals surface area contributed by atoms with E-state index in [4.69, 9.17) is 16.1 Å². The molecule has 9 heteroatoms. The molecule has 0 bridgehead atoms. The molecule has 0 N–H and O–H groups in total. The summed E-state index contributed by atoms with van der Waals surface area (Å²) in [7, 11) is 0. The second kappa shape index (κ2) is 8.24.